The Bertz CT molecular complexity index is 758. The van der Waals surface area contributed by atoms with E-state index >= 15 is 0 Å². The number of oxime groups is 1. The average molecular weight is 340 g/mol. The number of ether oxygens (including phenoxy) is 2. The van der Waals surface area contributed by atoms with Gasteiger partial charge in [0, 0.05) is 50.7 Å². The lowest BCUT2D eigenvalue weighted by Gasteiger charge is -2.36. The quantitative estimate of drug-likeness (QED) is 0.397. The van der Waals surface area contributed by atoms with Crippen molar-refractivity contribution in [3.63, 3.8) is 0 Å². The zero-order valence-corrected chi connectivity index (χ0v) is 13.8. The molecule has 1 aromatic heterocycles. The van der Waals surface area contributed by atoms with E-state index in [1.54, 1.807) is 12.4 Å². The predicted octanol–water partition coefficient (Wildman–Crippen LogP) is 1.76. The molecule has 1 saturated heterocycles. The van der Waals surface area contributed by atoms with Crippen LogP contribution >= 0.6 is 0 Å². The fourth-order valence-electron chi connectivity index (χ4n) is 3.22. The Morgan fingerprint density at radius 3 is 2.56 bits per heavy atom. The van der Waals surface area contributed by atoms with Crippen molar-refractivity contribution in [3.8, 4) is 11.5 Å². The van der Waals surface area contributed by atoms with Crippen molar-refractivity contribution in [2.24, 2.45) is 5.16 Å². The molecule has 0 saturated carbocycles. The first-order valence-electron chi connectivity index (χ1n) is 8.32. The minimum absolute atomic E-state index is 0.301. The fourth-order valence-corrected chi connectivity index (χ4v) is 3.22. The highest BCUT2D eigenvalue weighted by Gasteiger charge is 2.22. The standard InChI is InChI=1S/C18H20N4O3/c23-20-18(15-3-5-19-6-4-15)22-9-7-21(8-10-22)12-14-1-2-16-17(11-14)25-13-24-16/h1-6,11,23H,7-10,12-13H2/b20-18+. The molecule has 7 heteroatoms. The summed E-state index contributed by atoms with van der Waals surface area (Å²) in [6, 6.07) is 9.81. The second kappa shape index (κ2) is 6.98. The molecule has 0 bridgehead atoms. The van der Waals surface area contributed by atoms with Crippen LogP contribution < -0.4 is 9.47 Å². The summed E-state index contributed by atoms with van der Waals surface area (Å²) in [5.74, 6) is 2.24. The minimum atomic E-state index is 0.301. The van der Waals surface area contributed by atoms with Gasteiger partial charge >= 0.3 is 0 Å². The van der Waals surface area contributed by atoms with Crippen LogP contribution in [-0.4, -0.2) is 58.8 Å². The van der Waals surface area contributed by atoms with Crippen molar-refractivity contribution in [1.29, 1.82) is 0 Å². The highest BCUT2D eigenvalue weighted by atomic mass is 16.7. The smallest absolute Gasteiger partial charge is 0.231 e. The average Bonchev–Trinajstić information content (AvgIpc) is 3.12. The van der Waals surface area contributed by atoms with Crippen LogP contribution in [0.4, 0.5) is 0 Å². The SMILES string of the molecule is O/N=C(\c1ccncc1)N1CCN(Cc2ccc3c(c2)OCO3)CC1. The number of benzene rings is 1. The van der Waals surface area contributed by atoms with E-state index < -0.39 is 0 Å². The van der Waals surface area contributed by atoms with Gasteiger partial charge in [-0.2, -0.15) is 0 Å². The highest BCUT2D eigenvalue weighted by Crippen LogP contribution is 2.32. The summed E-state index contributed by atoms with van der Waals surface area (Å²) < 4.78 is 10.8. The van der Waals surface area contributed by atoms with Crippen molar-refractivity contribution in [2.75, 3.05) is 33.0 Å². The van der Waals surface area contributed by atoms with Gasteiger partial charge in [-0.15, -0.1) is 0 Å². The molecule has 7 nitrogen and oxygen atoms in total. The molecule has 0 unspecified atom stereocenters. The van der Waals surface area contributed by atoms with Gasteiger partial charge in [0.1, 0.15) is 0 Å². The summed E-state index contributed by atoms with van der Waals surface area (Å²) in [7, 11) is 0. The van der Waals surface area contributed by atoms with Gasteiger partial charge in [0.25, 0.3) is 0 Å². The number of rotatable bonds is 3. The molecule has 0 radical (unpaired) electrons. The highest BCUT2D eigenvalue weighted by molar-refractivity contribution is 5.98. The van der Waals surface area contributed by atoms with E-state index in [1.807, 2.05) is 24.3 Å². The van der Waals surface area contributed by atoms with E-state index in [1.165, 1.54) is 5.56 Å². The lowest BCUT2D eigenvalue weighted by molar-refractivity contribution is 0.170. The van der Waals surface area contributed by atoms with Crippen molar-refractivity contribution < 1.29 is 14.7 Å². The first-order valence-corrected chi connectivity index (χ1v) is 8.32. The molecule has 0 spiro atoms. The zero-order chi connectivity index (χ0) is 17.1. The van der Waals surface area contributed by atoms with Gasteiger partial charge in [-0.25, -0.2) is 0 Å². The Morgan fingerprint density at radius 2 is 1.80 bits per heavy atom. The van der Waals surface area contributed by atoms with Crippen LogP contribution in [0.25, 0.3) is 0 Å². The topological polar surface area (TPSA) is 70.4 Å². The van der Waals surface area contributed by atoms with Crippen LogP contribution in [0.5, 0.6) is 11.5 Å². The van der Waals surface area contributed by atoms with E-state index in [0.717, 1.165) is 49.8 Å². The Balaban J connectivity index is 1.37. The van der Waals surface area contributed by atoms with Crippen LogP contribution in [0.1, 0.15) is 11.1 Å². The van der Waals surface area contributed by atoms with E-state index in [0.29, 0.717) is 12.6 Å². The summed E-state index contributed by atoms with van der Waals surface area (Å²) >= 11 is 0. The third-order valence-electron chi connectivity index (χ3n) is 4.55. The largest absolute Gasteiger partial charge is 0.454 e. The second-order valence-corrected chi connectivity index (χ2v) is 6.11. The monoisotopic (exact) mass is 340 g/mol. The molecular formula is C18H20N4O3. The van der Waals surface area contributed by atoms with Gasteiger partial charge in [0.2, 0.25) is 6.79 Å². The number of nitrogens with zero attached hydrogens (tertiary/aromatic N) is 4. The number of hydrogen-bond acceptors (Lipinski definition) is 6. The number of aromatic nitrogens is 1. The van der Waals surface area contributed by atoms with E-state index in [4.69, 9.17) is 9.47 Å². The predicted molar refractivity (Wildman–Crippen MR) is 92.0 cm³/mol. The summed E-state index contributed by atoms with van der Waals surface area (Å²) in [5.41, 5.74) is 2.09. The van der Waals surface area contributed by atoms with Gasteiger partial charge in [0.15, 0.2) is 17.3 Å². The molecule has 1 N–H and O–H groups in total. The maximum atomic E-state index is 9.41. The number of pyridine rings is 1. The second-order valence-electron chi connectivity index (χ2n) is 6.11. The van der Waals surface area contributed by atoms with Crippen molar-refractivity contribution in [2.45, 2.75) is 6.54 Å². The van der Waals surface area contributed by atoms with Crippen molar-refractivity contribution in [3.05, 3.63) is 53.9 Å². The maximum absolute atomic E-state index is 9.41. The third kappa shape index (κ3) is 3.36. The Labute approximate surface area is 146 Å². The van der Waals surface area contributed by atoms with Gasteiger partial charge in [0.05, 0.1) is 0 Å². The van der Waals surface area contributed by atoms with Gasteiger partial charge < -0.3 is 19.6 Å². The van der Waals surface area contributed by atoms with Crippen LogP contribution in [0, 0.1) is 0 Å². The Hall–Kier alpha value is -2.80. The van der Waals surface area contributed by atoms with Gasteiger partial charge in [-0.1, -0.05) is 11.2 Å². The molecule has 0 amide bonds. The van der Waals surface area contributed by atoms with Crippen LogP contribution in [0.15, 0.2) is 47.9 Å². The summed E-state index contributed by atoms with van der Waals surface area (Å²) in [5, 5.41) is 12.9. The summed E-state index contributed by atoms with van der Waals surface area (Å²) in [6.07, 6.45) is 3.41. The molecule has 2 aliphatic heterocycles. The molecular weight excluding hydrogens is 320 g/mol. The van der Waals surface area contributed by atoms with Crippen molar-refractivity contribution in [1.82, 2.24) is 14.8 Å². The van der Waals surface area contributed by atoms with Gasteiger partial charge in [-0.3, -0.25) is 9.88 Å². The zero-order valence-electron chi connectivity index (χ0n) is 13.8. The molecule has 130 valence electrons. The van der Waals surface area contributed by atoms with Crippen LogP contribution in [-0.2, 0) is 6.54 Å². The molecule has 0 atom stereocenters. The molecule has 3 heterocycles. The Kier molecular flexibility index (Phi) is 4.39. The third-order valence-corrected chi connectivity index (χ3v) is 4.55. The Morgan fingerprint density at radius 1 is 1.04 bits per heavy atom. The molecule has 2 aliphatic rings. The first kappa shape index (κ1) is 15.7. The molecule has 1 aromatic carbocycles. The number of piperazine rings is 1. The minimum Gasteiger partial charge on any atom is -0.454 e. The molecule has 25 heavy (non-hydrogen) atoms. The number of hydrogen-bond donors (Lipinski definition) is 1. The van der Waals surface area contributed by atoms with E-state index in [2.05, 4.69) is 26.0 Å². The normalized spacial score (nSPS) is 17.8. The maximum Gasteiger partial charge on any atom is 0.231 e. The molecule has 4 rings (SSSR count). The molecule has 0 aliphatic carbocycles. The van der Waals surface area contributed by atoms with Crippen LogP contribution in [0.3, 0.4) is 0 Å². The summed E-state index contributed by atoms with van der Waals surface area (Å²) in [6.45, 7) is 4.59. The van der Waals surface area contributed by atoms with Crippen molar-refractivity contribution >= 4 is 5.84 Å². The first-order chi connectivity index (χ1) is 12.3. The molecule has 2 aromatic rings. The fraction of sp³-hybridized carbons (Fsp3) is 0.333. The molecule has 1 fully saturated rings. The van der Waals surface area contributed by atoms with Crippen LogP contribution in [0.2, 0.25) is 0 Å². The van der Waals surface area contributed by atoms with E-state index in [9.17, 15) is 5.21 Å². The van der Waals surface area contributed by atoms with Gasteiger partial charge in [-0.05, 0) is 29.8 Å². The summed E-state index contributed by atoms with van der Waals surface area (Å²) in [4.78, 5) is 8.50. The van der Waals surface area contributed by atoms with E-state index in [-0.39, 0.29) is 0 Å². The number of amidine groups is 1. The lowest BCUT2D eigenvalue weighted by Crippen LogP contribution is -2.48. The lowest BCUT2D eigenvalue weighted by atomic mass is 10.1. The number of fused-ring (bicyclic) bond motifs is 1.